The fourth-order valence-corrected chi connectivity index (χ4v) is 4.05. The number of aliphatic hydroxyl groups excluding tert-OH is 1. The van der Waals surface area contributed by atoms with E-state index in [1.165, 1.54) is 11.1 Å². The number of aliphatic hydroxyl groups is 1. The molecule has 0 amide bonds. The summed E-state index contributed by atoms with van der Waals surface area (Å²) in [5.41, 5.74) is 2.90. The number of aromatic nitrogens is 2. The van der Waals surface area contributed by atoms with Gasteiger partial charge >= 0.3 is 0 Å². The first-order valence-corrected chi connectivity index (χ1v) is 8.78. The number of hydrogen-bond acceptors (Lipinski definition) is 6. The lowest BCUT2D eigenvalue weighted by Crippen LogP contribution is -2.37. The third kappa shape index (κ3) is 3.19. The maximum absolute atomic E-state index is 8.90. The summed E-state index contributed by atoms with van der Waals surface area (Å²) in [6.07, 6.45) is 6.42. The average molecular weight is 341 g/mol. The number of benzene rings is 1. The van der Waals surface area contributed by atoms with Crippen LogP contribution in [0.4, 0.5) is 5.82 Å². The zero-order chi connectivity index (χ0) is 17.1. The summed E-state index contributed by atoms with van der Waals surface area (Å²) in [6.45, 7) is 1.78. The highest BCUT2D eigenvalue weighted by molar-refractivity contribution is 5.46. The van der Waals surface area contributed by atoms with Gasteiger partial charge in [0.25, 0.3) is 0 Å². The quantitative estimate of drug-likeness (QED) is 0.869. The molecule has 1 unspecified atom stereocenters. The Balaban J connectivity index is 1.62. The second-order valence-electron chi connectivity index (χ2n) is 6.74. The second kappa shape index (κ2) is 6.98. The highest BCUT2D eigenvalue weighted by Crippen LogP contribution is 2.52. The zero-order valence-electron chi connectivity index (χ0n) is 14.1. The van der Waals surface area contributed by atoms with Gasteiger partial charge in [-0.15, -0.1) is 0 Å². The topological polar surface area (TPSA) is 76.5 Å². The number of ether oxygens (including phenoxy) is 2. The number of fused-ring (bicyclic) bond motifs is 1. The van der Waals surface area contributed by atoms with E-state index in [0.717, 1.165) is 32.5 Å². The Morgan fingerprint density at radius 2 is 2.08 bits per heavy atom. The van der Waals surface area contributed by atoms with Crippen LogP contribution in [-0.4, -0.2) is 41.5 Å². The summed E-state index contributed by atoms with van der Waals surface area (Å²) in [7, 11) is 0. The molecule has 1 aliphatic heterocycles. The van der Waals surface area contributed by atoms with E-state index >= 15 is 0 Å². The molecule has 1 saturated heterocycles. The van der Waals surface area contributed by atoms with E-state index in [9.17, 15) is 0 Å². The maximum Gasteiger partial charge on any atom is 0.234 e. The van der Waals surface area contributed by atoms with Crippen LogP contribution in [0.1, 0.15) is 30.0 Å². The Morgan fingerprint density at radius 1 is 1.24 bits per heavy atom. The molecule has 6 nitrogen and oxygen atoms in total. The Labute approximate surface area is 147 Å². The largest absolute Gasteiger partial charge is 0.474 e. The third-order valence-electron chi connectivity index (χ3n) is 5.26. The number of nitrogens with zero attached hydrogens (tertiary/aromatic N) is 2. The number of nitrogens with one attached hydrogen (secondary N) is 1. The molecule has 1 spiro atoms. The average Bonchev–Trinajstić information content (AvgIpc) is 2.94. The SMILES string of the molecule is OCCOc1cncc(NC2c3ccccc3CC23CCOCC3)n1. The van der Waals surface area contributed by atoms with Crippen molar-refractivity contribution in [1.82, 2.24) is 9.97 Å². The molecule has 1 fully saturated rings. The minimum absolute atomic E-state index is 0.0432. The van der Waals surface area contributed by atoms with Gasteiger partial charge in [0, 0.05) is 18.6 Å². The zero-order valence-corrected chi connectivity index (χ0v) is 14.1. The highest BCUT2D eigenvalue weighted by Gasteiger charge is 2.46. The number of rotatable bonds is 5. The van der Waals surface area contributed by atoms with E-state index in [1.807, 2.05) is 0 Å². The monoisotopic (exact) mass is 341 g/mol. The van der Waals surface area contributed by atoms with Crippen molar-refractivity contribution in [1.29, 1.82) is 0 Å². The van der Waals surface area contributed by atoms with Crippen LogP contribution in [0.25, 0.3) is 0 Å². The summed E-state index contributed by atoms with van der Waals surface area (Å²) >= 11 is 0. The van der Waals surface area contributed by atoms with Crippen LogP contribution in [0.2, 0.25) is 0 Å². The molecule has 1 aliphatic carbocycles. The van der Waals surface area contributed by atoms with Crippen molar-refractivity contribution in [3.8, 4) is 5.88 Å². The van der Waals surface area contributed by atoms with Crippen LogP contribution in [0.5, 0.6) is 5.88 Å². The van der Waals surface area contributed by atoms with E-state index in [2.05, 4.69) is 39.6 Å². The number of anilines is 1. The lowest BCUT2D eigenvalue weighted by Gasteiger charge is -2.39. The molecule has 2 aromatic rings. The third-order valence-corrected chi connectivity index (χ3v) is 5.26. The predicted molar refractivity (Wildman–Crippen MR) is 93.6 cm³/mol. The van der Waals surface area contributed by atoms with Crippen LogP contribution >= 0.6 is 0 Å². The molecule has 2 N–H and O–H groups in total. The van der Waals surface area contributed by atoms with Gasteiger partial charge in [-0.2, -0.15) is 4.98 Å². The van der Waals surface area contributed by atoms with Gasteiger partial charge in [-0.05, 0) is 30.4 Å². The molecule has 25 heavy (non-hydrogen) atoms. The Bertz CT molecular complexity index is 731. The molecular formula is C19H23N3O3. The molecule has 0 bridgehead atoms. The van der Waals surface area contributed by atoms with Gasteiger partial charge in [-0.25, -0.2) is 0 Å². The van der Waals surface area contributed by atoms with Crippen molar-refractivity contribution < 1.29 is 14.6 Å². The lowest BCUT2D eigenvalue weighted by molar-refractivity contribution is 0.0102. The first kappa shape index (κ1) is 16.3. The predicted octanol–water partition coefficient (Wildman–Crippen LogP) is 2.35. The van der Waals surface area contributed by atoms with Crippen LogP contribution in [-0.2, 0) is 11.2 Å². The normalized spacial score (nSPS) is 21.1. The molecule has 2 heterocycles. The van der Waals surface area contributed by atoms with E-state index in [1.54, 1.807) is 12.4 Å². The summed E-state index contributed by atoms with van der Waals surface area (Å²) in [6, 6.07) is 8.82. The smallest absolute Gasteiger partial charge is 0.234 e. The van der Waals surface area contributed by atoms with Gasteiger partial charge in [0.2, 0.25) is 5.88 Å². The standard InChI is InChI=1S/C19H23N3O3/c23-7-10-25-17-13-20-12-16(21-17)22-18-15-4-2-1-3-14(15)11-19(18)5-8-24-9-6-19/h1-4,12-13,18,23H,5-11H2,(H,21,22). The Morgan fingerprint density at radius 3 is 2.92 bits per heavy atom. The van der Waals surface area contributed by atoms with Gasteiger partial charge in [0.15, 0.2) is 0 Å². The van der Waals surface area contributed by atoms with Gasteiger partial charge < -0.3 is 19.9 Å². The van der Waals surface area contributed by atoms with Crippen LogP contribution < -0.4 is 10.1 Å². The van der Waals surface area contributed by atoms with E-state index in [4.69, 9.17) is 14.6 Å². The van der Waals surface area contributed by atoms with Crippen molar-refractivity contribution in [3.63, 3.8) is 0 Å². The molecule has 2 aliphatic rings. The molecule has 1 atom stereocenters. The molecule has 0 saturated carbocycles. The molecule has 132 valence electrons. The van der Waals surface area contributed by atoms with Crippen LogP contribution in [0, 0.1) is 5.41 Å². The van der Waals surface area contributed by atoms with E-state index in [-0.39, 0.29) is 24.7 Å². The van der Waals surface area contributed by atoms with Crippen molar-refractivity contribution in [2.45, 2.75) is 25.3 Å². The summed E-state index contributed by atoms with van der Waals surface area (Å²) in [5, 5.41) is 12.5. The summed E-state index contributed by atoms with van der Waals surface area (Å²) in [4.78, 5) is 8.70. The van der Waals surface area contributed by atoms with Gasteiger partial charge in [-0.1, -0.05) is 24.3 Å². The van der Waals surface area contributed by atoms with Crippen LogP contribution in [0.15, 0.2) is 36.7 Å². The minimum Gasteiger partial charge on any atom is -0.474 e. The molecule has 4 rings (SSSR count). The molecule has 1 aromatic carbocycles. The van der Waals surface area contributed by atoms with Gasteiger partial charge in [-0.3, -0.25) is 4.98 Å². The molecule has 1 aromatic heterocycles. The molecule has 0 radical (unpaired) electrons. The van der Waals surface area contributed by atoms with Crippen molar-refractivity contribution >= 4 is 5.82 Å². The minimum atomic E-state index is -0.0432. The first-order valence-electron chi connectivity index (χ1n) is 8.78. The fourth-order valence-electron chi connectivity index (χ4n) is 4.05. The lowest BCUT2D eigenvalue weighted by atomic mass is 9.74. The maximum atomic E-state index is 8.90. The first-order chi connectivity index (χ1) is 12.3. The Kier molecular flexibility index (Phi) is 4.55. The highest BCUT2D eigenvalue weighted by atomic mass is 16.5. The van der Waals surface area contributed by atoms with Crippen molar-refractivity contribution in [3.05, 3.63) is 47.8 Å². The Hall–Kier alpha value is -2.18. The second-order valence-corrected chi connectivity index (χ2v) is 6.74. The number of hydrogen-bond donors (Lipinski definition) is 2. The fraction of sp³-hybridized carbons (Fsp3) is 0.474. The van der Waals surface area contributed by atoms with Crippen molar-refractivity contribution in [2.24, 2.45) is 5.41 Å². The van der Waals surface area contributed by atoms with E-state index < -0.39 is 0 Å². The van der Waals surface area contributed by atoms with Crippen LogP contribution in [0.3, 0.4) is 0 Å². The molecular weight excluding hydrogens is 318 g/mol. The molecule has 6 heteroatoms. The van der Waals surface area contributed by atoms with Crippen molar-refractivity contribution in [2.75, 3.05) is 31.7 Å². The van der Waals surface area contributed by atoms with Gasteiger partial charge in [0.05, 0.1) is 25.0 Å². The van der Waals surface area contributed by atoms with E-state index in [0.29, 0.717) is 11.7 Å². The summed E-state index contributed by atoms with van der Waals surface area (Å²) in [5.74, 6) is 1.12. The van der Waals surface area contributed by atoms with Gasteiger partial charge in [0.1, 0.15) is 12.4 Å². The summed E-state index contributed by atoms with van der Waals surface area (Å²) < 4.78 is 11.0.